The lowest BCUT2D eigenvalue weighted by Crippen LogP contribution is -2.47. The second kappa shape index (κ2) is 5.54. The Balaban J connectivity index is 2.55. The van der Waals surface area contributed by atoms with E-state index in [0.29, 0.717) is 19.5 Å². The number of hydrogen-bond acceptors (Lipinski definition) is 3. The van der Waals surface area contributed by atoms with E-state index < -0.39 is 5.60 Å². The number of carbonyl (C=O) groups is 1. The molecular weight excluding hydrogens is 218 g/mol. The predicted molar refractivity (Wildman–Crippen MR) is 66.7 cm³/mol. The van der Waals surface area contributed by atoms with E-state index in [1.165, 1.54) is 0 Å². The van der Waals surface area contributed by atoms with Crippen molar-refractivity contribution in [2.24, 2.45) is 5.92 Å². The second-order valence-electron chi connectivity index (χ2n) is 5.57. The number of likely N-dealkylation sites (tertiary alicyclic amines) is 1. The van der Waals surface area contributed by atoms with Crippen LogP contribution in [0, 0.1) is 5.92 Å². The molecule has 98 valence electrons. The maximum absolute atomic E-state index is 11.9. The lowest BCUT2D eigenvalue weighted by atomic mass is 9.92. The van der Waals surface area contributed by atoms with E-state index in [1.54, 1.807) is 11.0 Å². The molecule has 0 aliphatic carbocycles. The van der Waals surface area contributed by atoms with E-state index in [4.69, 9.17) is 4.74 Å². The Morgan fingerprint density at radius 3 is 2.76 bits per heavy atom. The van der Waals surface area contributed by atoms with E-state index in [9.17, 15) is 9.90 Å². The van der Waals surface area contributed by atoms with Crippen LogP contribution in [0.25, 0.3) is 0 Å². The third-order valence-corrected chi connectivity index (χ3v) is 2.81. The maximum atomic E-state index is 11.9. The zero-order valence-electron chi connectivity index (χ0n) is 11.0. The lowest BCUT2D eigenvalue weighted by Gasteiger charge is -2.36. The Bertz CT molecular complexity index is 283. The molecule has 0 aromatic rings. The van der Waals surface area contributed by atoms with Crippen molar-refractivity contribution in [3.63, 3.8) is 0 Å². The molecule has 1 N–H and O–H groups in total. The van der Waals surface area contributed by atoms with Gasteiger partial charge in [-0.2, -0.15) is 0 Å². The van der Waals surface area contributed by atoms with Crippen LogP contribution in [0.15, 0.2) is 12.7 Å². The summed E-state index contributed by atoms with van der Waals surface area (Å²) in [6.07, 6.45) is 2.48. The van der Waals surface area contributed by atoms with Crippen molar-refractivity contribution < 1.29 is 14.6 Å². The van der Waals surface area contributed by atoms with Crippen molar-refractivity contribution in [2.45, 2.75) is 45.3 Å². The fourth-order valence-electron chi connectivity index (χ4n) is 1.96. The average molecular weight is 241 g/mol. The monoisotopic (exact) mass is 241 g/mol. The van der Waals surface area contributed by atoms with Gasteiger partial charge in [0.15, 0.2) is 0 Å². The number of aliphatic hydroxyl groups is 1. The van der Waals surface area contributed by atoms with Crippen molar-refractivity contribution in [3.8, 4) is 0 Å². The van der Waals surface area contributed by atoms with Gasteiger partial charge in [-0.1, -0.05) is 6.08 Å². The highest BCUT2D eigenvalue weighted by molar-refractivity contribution is 5.68. The lowest BCUT2D eigenvalue weighted by molar-refractivity contribution is -0.00771. The number of carbonyl (C=O) groups excluding carboxylic acids is 1. The van der Waals surface area contributed by atoms with E-state index in [-0.39, 0.29) is 18.1 Å². The van der Waals surface area contributed by atoms with Crippen molar-refractivity contribution in [2.75, 3.05) is 13.1 Å². The third-order valence-electron chi connectivity index (χ3n) is 2.81. The highest BCUT2D eigenvalue weighted by atomic mass is 16.6. The fraction of sp³-hybridized carbons (Fsp3) is 0.769. The first kappa shape index (κ1) is 14.0. The van der Waals surface area contributed by atoms with Gasteiger partial charge in [-0.05, 0) is 33.6 Å². The summed E-state index contributed by atoms with van der Waals surface area (Å²) in [7, 11) is 0. The molecule has 1 saturated heterocycles. The largest absolute Gasteiger partial charge is 0.444 e. The number of aliphatic hydroxyl groups excluding tert-OH is 1. The number of nitrogens with zero attached hydrogens (tertiary/aromatic N) is 1. The molecule has 1 aliphatic heterocycles. The molecule has 4 nitrogen and oxygen atoms in total. The summed E-state index contributed by atoms with van der Waals surface area (Å²) in [6, 6.07) is 0. The molecule has 0 saturated carbocycles. The van der Waals surface area contributed by atoms with Crippen LogP contribution in [0.5, 0.6) is 0 Å². The van der Waals surface area contributed by atoms with E-state index in [2.05, 4.69) is 6.58 Å². The van der Waals surface area contributed by atoms with Crippen LogP contribution in [0.4, 0.5) is 4.79 Å². The number of piperidine rings is 1. The zero-order chi connectivity index (χ0) is 13.1. The van der Waals surface area contributed by atoms with E-state index in [1.807, 2.05) is 20.8 Å². The van der Waals surface area contributed by atoms with Gasteiger partial charge in [-0.3, -0.25) is 0 Å². The molecule has 1 rings (SSSR count). The Kier molecular flexibility index (Phi) is 4.57. The SMILES string of the molecule is C=CCC1CN(C(=O)OC(C)(C)C)CCC1O. The smallest absolute Gasteiger partial charge is 0.410 e. The van der Waals surface area contributed by atoms with Gasteiger partial charge < -0.3 is 14.7 Å². The van der Waals surface area contributed by atoms with Crippen molar-refractivity contribution in [1.29, 1.82) is 0 Å². The summed E-state index contributed by atoms with van der Waals surface area (Å²) < 4.78 is 5.32. The summed E-state index contributed by atoms with van der Waals surface area (Å²) in [5.74, 6) is 0.0776. The van der Waals surface area contributed by atoms with Gasteiger partial charge in [0.2, 0.25) is 0 Å². The minimum absolute atomic E-state index is 0.0776. The first-order valence-electron chi connectivity index (χ1n) is 6.10. The third kappa shape index (κ3) is 4.38. The van der Waals surface area contributed by atoms with Crippen LogP contribution in [0.2, 0.25) is 0 Å². The van der Waals surface area contributed by atoms with Crippen molar-refractivity contribution >= 4 is 6.09 Å². The van der Waals surface area contributed by atoms with E-state index >= 15 is 0 Å². The topological polar surface area (TPSA) is 49.8 Å². The predicted octanol–water partition coefficient (Wildman–Crippen LogP) is 2.18. The normalized spacial score (nSPS) is 25.5. The van der Waals surface area contributed by atoms with Crippen LogP contribution < -0.4 is 0 Å². The minimum Gasteiger partial charge on any atom is -0.444 e. The van der Waals surface area contributed by atoms with Crippen LogP contribution >= 0.6 is 0 Å². The Hall–Kier alpha value is -1.03. The minimum atomic E-state index is -0.471. The molecule has 0 bridgehead atoms. The summed E-state index contributed by atoms with van der Waals surface area (Å²) in [6.45, 7) is 10.3. The van der Waals surface area contributed by atoms with Gasteiger partial charge in [0.05, 0.1) is 6.10 Å². The van der Waals surface area contributed by atoms with Gasteiger partial charge in [0.1, 0.15) is 5.60 Å². The standard InChI is InChI=1S/C13H23NO3/c1-5-6-10-9-14(8-7-11(10)15)12(16)17-13(2,3)4/h5,10-11,15H,1,6-9H2,2-4H3. The molecule has 1 amide bonds. The highest BCUT2D eigenvalue weighted by Gasteiger charge is 2.31. The maximum Gasteiger partial charge on any atom is 0.410 e. The zero-order valence-corrected chi connectivity index (χ0v) is 11.0. The Morgan fingerprint density at radius 2 is 2.24 bits per heavy atom. The number of hydrogen-bond donors (Lipinski definition) is 1. The Labute approximate surface area is 103 Å². The molecule has 2 unspecified atom stereocenters. The van der Waals surface area contributed by atoms with Crippen molar-refractivity contribution in [1.82, 2.24) is 4.90 Å². The quantitative estimate of drug-likeness (QED) is 0.754. The van der Waals surface area contributed by atoms with E-state index in [0.717, 1.165) is 6.42 Å². The Morgan fingerprint density at radius 1 is 1.59 bits per heavy atom. The summed E-state index contributed by atoms with van der Waals surface area (Å²) in [5, 5.41) is 9.81. The summed E-state index contributed by atoms with van der Waals surface area (Å²) >= 11 is 0. The molecule has 17 heavy (non-hydrogen) atoms. The molecule has 0 aromatic carbocycles. The van der Waals surface area contributed by atoms with Gasteiger partial charge in [0.25, 0.3) is 0 Å². The van der Waals surface area contributed by atoms with Crippen LogP contribution in [0.3, 0.4) is 0 Å². The number of ether oxygens (including phenoxy) is 1. The molecule has 0 spiro atoms. The summed E-state index contributed by atoms with van der Waals surface area (Å²) in [5.41, 5.74) is -0.471. The van der Waals surface area contributed by atoms with Crippen LogP contribution in [-0.4, -0.2) is 40.9 Å². The molecule has 1 fully saturated rings. The molecule has 2 atom stereocenters. The van der Waals surface area contributed by atoms with Gasteiger partial charge in [-0.25, -0.2) is 4.79 Å². The first-order chi connectivity index (χ1) is 7.83. The molecule has 0 aromatic heterocycles. The van der Waals surface area contributed by atoms with Crippen LogP contribution in [0.1, 0.15) is 33.6 Å². The molecule has 1 heterocycles. The number of rotatable bonds is 2. The number of allylic oxidation sites excluding steroid dienone is 1. The van der Waals surface area contributed by atoms with Gasteiger partial charge in [-0.15, -0.1) is 6.58 Å². The van der Waals surface area contributed by atoms with Gasteiger partial charge in [0, 0.05) is 19.0 Å². The average Bonchev–Trinajstić information content (AvgIpc) is 2.19. The fourth-order valence-corrected chi connectivity index (χ4v) is 1.96. The summed E-state index contributed by atoms with van der Waals surface area (Å²) in [4.78, 5) is 13.5. The van der Waals surface area contributed by atoms with Crippen molar-refractivity contribution in [3.05, 3.63) is 12.7 Å². The molecule has 4 heteroatoms. The molecule has 0 radical (unpaired) electrons. The van der Waals surface area contributed by atoms with Gasteiger partial charge >= 0.3 is 6.09 Å². The second-order valence-corrected chi connectivity index (χ2v) is 5.57. The highest BCUT2D eigenvalue weighted by Crippen LogP contribution is 2.22. The molecule has 1 aliphatic rings. The van der Waals surface area contributed by atoms with Crippen LogP contribution in [-0.2, 0) is 4.74 Å². The first-order valence-corrected chi connectivity index (χ1v) is 6.10. The number of amides is 1. The molecular formula is C13H23NO3.